The van der Waals surface area contributed by atoms with Crippen LogP contribution in [0.5, 0.6) is 5.75 Å². The molecule has 3 nitrogen and oxygen atoms in total. The number of ether oxygens (including phenoxy) is 2. The summed E-state index contributed by atoms with van der Waals surface area (Å²) in [5.41, 5.74) is 1.21. The van der Waals surface area contributed by atoms with Crippen LogP contribution in [-0.4, -0.2) is 25.1 Å². The molecule has 0 aromatic heterocycles. The SMILES string of the molecule is CCC(C)(CCOc1ccc(C(=O)c2ccccc2)cc1)OC. The van der Waals surface area contributed by atoms with Gasteiger partial charge in [0.25, 0.3) is 0 Å². The summed E-state index contributed by atoms with van der Waals surface area (Å²) in [5, 5.41) is 0. The van der Waals surface area contributed by atoms with Crippen molar-refractivity contribution in [2.45, 2.75) is 32.3 Å². The molecule has 23 heavy (non-hydrogen) atoms. The molecule has 0 aliphatic rings. The second-order valence-electron chi connectivity index (χ2n) is 5.83. The third-order valence-corrected chi connectivity index (χ3v) is 4.29. The van der Waals surface area contributed by atoms with Crippen molar-refractivity contribution >= 4 is 5.78 Å². The van der Waals surface area contributed by atoms with E-state index >= 15 is 0 Å². The zero-order chi connectivity index (χ0) is 16.7. The Balaban J connectivity index is 1.94. The lowest BCUT2D eigenvalue weighted by Crippen LogP contribution is -2.28. The van der Waals surface area contributed by atoms with Crippen molar-refractivity contribution in [3.8, 4) is 5.75 Å². The minimum Gasteiger partial charge on any atom is -0.493 e. The van der Waals surface area contributed by atoms with Gasteiger partial charge < -0.3 is 9.47 Å². The van der Waals surface area contributed by atoms with Gasteiger partial charge in [0, 0.05) is 24.7 Å². The monoisotopic (exact) mass is 312 g/mol. The zero-order valence-electron chi connectivity index (χ0n) is 14.0. The van der Waals surface area contributed by atoms with Gasteiger partial charge in [0.2, 0.25) is 0 Å². The second-order valence-corrected chi connectivity index (χ2v) is 5.83. The van der Waals surface area contributed by atoms with Gasteiger partial charge in [-0.1, -0.05) is 37.3 Å². The van der Waals surface area contributed by atoms with Crippen LogP contribution in [0.4, 0.5) is 0 Å². The van der Waals surface area contributed by atoms with Crippen molar-refractivity contribution in [1.29, 1.82) is 0 Å². The average molecular weight is 312 g/mol. The van der Waals surface area contributed by atoms with Gasteiger partial charge in [0.15, 0.2) is 5.78 Å². The normalized spacial score (nSPS) is 13.3. The number of carbonyl (C=O) groups excluding carboxylic acids is 1. The first kappa shape index (κ1) is 17.2. The predicted molar refractivity (Wildman–Crippen MR) is 92.1 cm³/mol. The van der Waals surface area contributed by atoms with Crippen molar-refractivity contribution in [2.24, 2.45) is 0 Å². The summed E-state index contributed by atoms with van der Waals surface area (Å²) < 4.78 is 11.3. The van der Waals surface area contributed by atoms with Gasteiger partial charge in [-0.25, -0.2) is 0 Å². The zero-order valence-corrected chi connectivity index (χ0v) is 14.0. The van der Waals surface area contributed by atoms with Crippen LogP contribution in [0.25, 0.3) is 0 Å². The van der Waals surface area contributed by atoms with E-state index in [0.717, 1.165) is 18.6 Å². The first-order valence-electron chi connectivity index (χ1n) is 7.96. The first-order chi connectivity index (χ1) is 11.1. The lowest BCUT2D eigenvalue weighted by atomic mass is 9.99. The van der Waals surface area contributed by atoms with E-state index in [4.69, 9.17) is 9.47 Å². The van der Waals surface area contributed by atoms with Crippen LogP contribution < -0.4 is 4.74 Å². The summed E-state index contributed by atoms with van der Waals surface area (Å²) in [6, 6.07) is 16.6. The highest BCUT2D eigenvalue weighted by atomic mass is 16.5. The van der Waals surface area contributed by atoms with Crippen LogP contribution in [0, 0.1) is 0 Å². The van der Waals surface area contributed by atoms with Crippen LogP contribution in [0.2, 0.25) is 0 Å². The van der Waals surface area contributed by atoms with Gasteiger partial charge in [-0.15, -0.1) is 0 Å². The number of hydrogen-bond donors (Lipinski definition) is 0. The molecule has 0 amide bonds. The van der Waals surface area contributed by atoms with Gasteiger partial charge in [0.1, 0.15) is 5.75 Å². The molecule has 0 N–H and O–H groups in total. The van der Waals surface area contributed by atoms with Crippen molar-refractivity contribution in [3.63, 3.8) is 0 Å². The van der Waals surface area contributed by atoms with E-state index < -0.39 is 0 Å². The number of benzene rings is 2. The molecule has 0 aliphatic heterocycles. The van der Waals surface area contributed by atoms with Crippen LogP contribution in [0.1, 0.15) is 42.6 Å². The lowest BCUT2D eigenvalue weighted by Gasteiger charge is -2.26. The largest absolute Gasteiger partial charge is 0.493 e. The van der Waals surface area contributed by atoms with E-state index in [1.807, 2.05) is 42.5 Å². The molecule has 0 fully saturated rings. The Morgan fingerprint density at radius 3 is 2.17 bits per heavy atom. The average Bonchev–Trinajstić information content (AvgIpc) is 2.62. The minimum absolute atomic E-state index is 0.0232. The maximum Gasteiger partial charge on any atom is 0.193 e. The Morgan fingerprint density at radius 1 is 1.00 bits per heavy atom. The van der Waals surface area contributed by atoms with Crippen molar-refractivity contribution < 1.29 is 14.3 Å². The second kappa shape index (κ2) is 7.93. The molecule has 0 heterocycles. The van der Waals surface area contributed by atoms with E-state index in [-0.39, 0.29) is 11.4 Å². The van der Waals surface area contributed by atoms with Crippen molar-refractivity contribution in [2.75, 3.05) is 13.7 Å². The highest BCUT2D eigenvalue weighted by Crippen LogP contribution is 2.20. The standard InChI is InChI=1S/C20H24O3/c1-4-20(2,22-3)14-15-23-18-12-10-17(11-13-18)19(21)16-8-6-5-7-9-16/h5-13H,4,14-15H2,1-3H3. The molecular weight excluding hydrogens is 288 g/mol. The molecule has 0 aliphatic carbocycles. The summed E-state index contributed by atoms with van der Waals surface area (Å²) in [6.45, 7) is 4.77. The topological polar surface area (TPSA) is 35.5 Å². The summed E-state index contributed by atoms with van der Waals surface area (Å²) >= 11 is 0. The molecular formula is C20H24O3. The number of methoxy groups -OCH3 is 1. The Labute approximate surface area is 138 Å². The van der Waals surface area contributed by atoms with Gasteiger partial charge in [-0.05, 0) is 37.6 Å². The molecule has 2 rings (SSSR count). The van der Waals surface area contributed by atoms with Crippen LogP contribution >= 0.6 is 0 Å². The number of carbonyl (C=O) groups is 1. The smallest absolute Gasteiger partial charge is 0.193 e. The van der Waals surface area contributed by atoms with Gasteiger partial charge in [0.05, 0.1) is 12.2 Å². The first-order valence-corrected chi connectivity index (χ1v) is 7.96. The maximum absolute atomic E-state index is 12.3. The van der Waals surface area contributed by atoms with Crippen LogP contribution in [0.15, 0.2) is 54.6 Å². The Morgan fingerprint density at radius 2 is 1.61 bits per heavy atom. The van der Waals surface area contributed by atoms with Crippen molar-refractivity contribution in [1.82, 2.24) is 0 Å². The molecule has 2 aromatic carbocycles. The number of hydrogen-bond acceptors (Lipinski definition) is 3. The fourth-order valence-corrected chi connectivity index (χ4v) is 2.27. The molecule has 0 bridgehead atoms. The Hall–Kier alpha value is -2.13. The molecule has 0 saturated heterocycles. The highest BCUT2D eigenvalue weighted by Gasteiger charge is 2.20. The number of rotatable bonds is 8. The molecule has 1 unspecified atom stereocenters. The van der Waals surface area contributed by atoms with Crippen molar-refractivity contribution in [3.05, 3.63) is 65.7 Å². The minimum atomic E-state index is -0.150. The van der Waals surface area contributed by atoms with Crippen LogP contribution in [-0.2, 0) is 4.74 Å². The molecule has 2 aromatic rings. The molecule has 1 atom stereocenters. The van der Waals surface area contributed by atoms with E-state index in [9.17, 15) is 4.79 Å². The van der Waals surface area contributed by atoms with E-state index in [1.165, 1.54) is 0 Å². The number of ketones is 1. The summed E-state index contributed by atoms with van der Waals surface area (Å²) in [6.07, 6.45) is 1.77. The fourth-order valence-electron chi connectivity index (χ4n) is 2.27. The summed E-state index contributed by atoms with van der Waals surface area (Å²) in [4.78, 5) is 12.3. The highest BCUT2D eigenvalue weighted by molar-refractivity contribution is 6.08. The molecule has 0 saturated carbocycles. The van der Waals surface area contributed by atoms with E-state index in [0.29, 0.717) is 17.7 Å². The molecule has 122 valence electrons. The molecule has 0 spiro atoms. The molecule has 0 radical (unpaired) electrons. The Kier molecular flexibility index (Phi) is 5.94. The maximum atomic E-state index is 12.3. The van der Waals surface area contributed by atoms with Crippen LogP contribution in [0.3, 0.4) is 0 Å². The van der Waals surface area contributed by atoms with Gasteiger partial charge >= 0.3 is 0 Å². The summed E-state index contributed by atoms with van der Waals surface area (Å²) in [5.74, 6) is 0.791. The predicted octanol–water partition coefficient (Wildman–Crippen LogP) is 4.50. The summed E-state index contributed by atoms with van der Waals surface area (Å²) in [7, 11) is 1.73. The fraction of sp³-hybridized carbons (Fsp3) is 0.350. The third kappa shape index (κ3) is 4.67. The third-order valence-electron chi connectivity index (χ3n) is 4.29. The van der Waals surface area contributed by atoms with E-state index in [1.54, 1.807) is 19.2 Å². The quantitative estimate of drug-likeness (QED) is 0.673. The van der Waals surface area contributed by atoms with Gasteiger partial charge in [-0.2, -0.15) is 0 Å². The van der Waals surface area contributed by atoms with E-state index in [2.05, 4.69) is 13.8 Å². The van der Waals surface area contributed by atoms with Gasteiger partial charge in [-0.3, -0.25) is 4.79 Å². The Bertz CT molecular complexity index is 613. The molecule has 3 heteroatoms. The lowest BCUT2D eigenvalue weighted by molar-refractivity contribution is -0.0133.